The Morgan fingerprint density at radius 3 is 1.90 bits per heavy atom. The van der Waals surface area contributed by atoms with Gasteiger partial charge in [0.15, 0.2) is 5.79 Å². The molecule has 0 spiro atoms. The van der Waals surface area contributed by atoms with Gasteiger partial charge in [-0.1, -0.05) is 112 Å². The molecule has 0 saturated carbocycles. The molecule has 3 aromatic rings. The normalized spacial score (nSPS) is 20.2. The third-order valence-electron chi connectivity index (χ3n) is 7.44. The summed E-state index contributed by atoms with van der Waals surface area (Å²) in [6.07, 6.45) is 0.487. The lowest BCUT2D eigenvalue weighted by Crippen LogP contribution is -2.66. The lowest BCUT2D eigenvalue weighted by Gasteiger charge is -2.43. The molecule has 1 fully saturated rings. The average Bonchev–Trinajstić information content (AvgIpc) is 3.25. The van der Waals surface area contributed by atoms with Crippen LogP contribution in [0.2, 0.25) is 5.04 Å². The van der Waals surface area contributed by atoms with Crippen molar-refractivity contribution < 1.29 is 23.7 Å². The van der Waals surface area contributed by atoms with E-state index in [1.54, 1.807) is 0 Å². The lowest BCUT2D eigenvalue weighted by molar-refractivity contribution is -0.162. The number of hydrogen-bond donors (Lipinski definition) is 1. The standard InChI is InChI=1S/C33H44O5Si/c1-32(2,3)39(27-18-11-7-12-19-27,28-20-13-8-14-21-28)36-23-15-22-29(35-25-26-16-9-6-10-17-26)31-30(24-34)37-33(4,5)38-31/h6-14,16-21,29-31,34H,15,22-25H2,1-5H3/t29-,30+,31+/m1/s1. The molecule has 210 valence electrons. The lowest BCUT2D eigenvalue weighted by atomic mass is 10.0. The number of ether oxygens (including phenoxy) is 3. The van der Waals surface area contributed by atoms with E-state index in [2.05, 4.69) is 93.6 Å². The molecule has 0 radical (unpaired) electrons. The molecule has 1 aliphatic heterocycles. The first-order chi connectivity index (χ1) is 18.7. The summed E-state index contributed by atoms with van der Waals surface area (Å²) in [5.41, 5.74) is 1.10. The van der Waals surface area contributed by atoms with Crippen LogP contribution in [0.4, 0.5) is 0 Å². The minimum absolute atomic E-state index is 0.0761. The summed E-state index contributed by atoms with van der Waals surface area (Å²) in [4.78, 5) is 0. The van der Waals surface area contributed by atoms with Crippen LogP contribution in [0, 0.1) is 0 Å². The minimum Gasteiger partial charge on any atom is -0.407 e. The van der Waals surface area contributed by atoms with Gasteiger partial charge in [0.05, 0.1) is 19.3 Å². The van der Waals surface area contributed by atoms with Crippen LogP contribution in [0.25, 0.3) is 0 Å². The van der Waals surface area contributed by atoms with Crippen LogP contribution in [0.1, 0.15) is 53.0 Å². The van der Waals surface area contributed by atoms with Crippen molar-refractivity contribution in [1.82, 2.24) is 0 Å². The topological polar surface area (TPSA) is 57.2 Å². The van der Waals surface area contributed by atoms with Crippen molar-refractivity contribution in [3.8, 4) is 0 Å². The molecular weight excluding hydrogens is 504 g/mol. The van der Waals surface area contributed by atoms with E-state index in [1.165, 1.54) is 10.4 Å². The maximum Gasteiger partial charge on any atom is 0.261 e. The first-order valence-electron chi connectivity index (χ1n) is 14.0. The zero-order chi connectivity index (χ0) is 27.9. The largest absolute Gasteiger partial charge is 0.407 e. The number of aliphatic hydroxyl groups is 1. The molecule has 3 atom stereocenters. The van der Waals surface area contributed by atoms with Gasteiger partial charge in [-0.05, 0) is 47.7 Å². The Hall–Kier alpha value is -2.32. The Bertz CT molecular complexity index is 1090. The molecule has 0 unspecified atom stereocenters. The van der Waals surface area contributed by atoms with Gasteiger partial charge in [0.25, 0.3) is 8.32 Å². The van der Waals surface area contributed by atoms with E-state index < -0.39 is 20.2 Å². The molecule has 6 heteroatoms. The monoisotopic (exact) mass is 548 g/mol. The van der Waals surface area contributed by atoms with E-state index >= 15 is 0 Å². The zero-order valence-corrected chi connectivity index (χ0v) is 25.0. The Morgan fingerprint density at radius 1 is 0.846 bits per heavy atom. The summed E-state index contributed by atoms with van der Waals surface area (Å²) >= 11 is 0. The highest BCUT2D eigenvalue weighted by Gasteiger charge is 2.50. The average molecular weight is 549 g/mol. The van der Waals surface area contributed by atoms with Crippen LogP contribution in [0.15, 0.2) is 91.0 Å². The third-order valence-corrected chi connectivity index (χ3v) is 12.5. The predicted molar refractivity (Wildman–Crippen MR) is 159 cm³/mol. The van der Waals surface area contributed by atoms with Gasteiger partial charge in [-0.15, -0.1) is 0 Å². The van der Waals surface area contributed by atoms with E-state index in [-0.39, 0.29) is 23.9 Å². The van der Waals surface area contributed by atoms with Crippen molar-refractivity contribution in [2.24, 2.45) is 0 Å². The molecule has 0 aliphatic carbocycles. The van der Waals surface area contributed by atoms with Gasteiger partial charge in [0, 0.05) is 6.61 Å². The Balaban J connectivity index is 1.53. The van der Waals surface area contributed by atoms with E-state index in [4.69, 9.17) is 18.6 Å². The summed E-state index contributed by atoms with van der Waals surface area (Å²) in [6.45, 7) is 11.6. The van der Waals surface area contributed by atoms with Crippen molar-refractivity contribution in [2.45, 2.75) is 83.2 Å². The van der Waals surface area contributed by atoms with Crippen LogP contribution < -0.4 is 10.4 Å². The molecule has 0 amide bonds. The van der Waals surface area contributed by atoms with Gasteiger partial charge in [0.2, 0.25) is 0 Å². The van der Waals surface area contributed by atoms with E-state index in [0.717, 1.165) is 18.4 Å². The summed E-state index contributed by atoms with van der Waals surface area (Å²) in [5.74, 6) is -0.766. The number of benzene rings is 3. The molecule has 1 N–H and O–H groups in total. The van der Waals surface area contributed by atoms with Crippen molar-refractivity contribution in [1.29, 1.82) is 0 Å². The second-order valence-electron chi connectivity index (χ2n) is 11.8. The Kier molecular flexibility index (Phi) is 9.81. The van der Waals surface area contributed by atoms with Crippen molar-refractivity contribution in [3.05, 3.63) is 96.6 Å². The zero-order valence-electron chi connectivity index (χ0n) is 24.0. The maximum absolute atomic E-state index is 10.0. The summed E-state index contributed by atoms with van der Waals surface area (Å²) in [5, 5.41) is 12.5. The number of rotatable bonds is 12. The second-order valence-corrected chi connectivity index (χ2v) is 16.1. The molecule has 3 aromatic carbocycles. The van der Waals surface area contributed by atoms with Gasteiger partial charge in [-0.3, -0.25) is 0 Å². The molecule has 5 nitrogen and oxygen atoms in total. The van der Waals surface area contributed by atoms with Gasteiger partial charge < -0.3 is 23.7 Å². The SMILES string of the molecule is CC1(C)O[C@@H]([C@@H](CCCO[Si](c2ccccc2)(c2ccccc2)C(C)(C)C)OCc2ccccc2)[C@H](CO)O1. The van der Waals surface area contributed by atoms with Crippen LogP contribution in [0.3, 0.4) is 0 Å². The van der Waals surface area contributed by atoms with Crippen LogP contribution in [0.5, 0.6) is 0 Å². The second kappa shape index (κ2) is 12.9. The third kappa shape index (κ3) is 7.07. The number of hydrogen-bond acceptors (Lipinski definition) is 5. The summed E-state index contributed by atoms with van der Waals surface area (Å²) in [7, 11) is -2.60. The highest BCUT2D eigenvalue weighted by atomic mass is 28.4. The number of aliphatic hydroxyl groups excluding tert-OH is 1. The molecule has 1 heterocycles. The quantitative estimate of drug-likeness (QED) is 0.241. The molecule has 1 aliphatic rings. The van der Waals surface area contributed by atoms with Crippen LogP contribution in [-0.4, -0.2) is 50.7 Å². The van der Waals surface area contributed by atoms with E-state index in [9.17, 15) is 5.11 Å². The van der Waals surface area contributed by atoms with Crippen molar-refractivity contribution in [2.75, 3.05) is 13.2 Å². The van der Waals surface area contributed by atoms with Gasteiger partial charge in [0.1, 0.15) is 12.2 Å². The van der Waals surface area contributed by atoms with Crippen LogP contribution in [-0.2, 0) is 25.2 Å². The predicted octanol–water partition coefficient (Wildman–Crippen LogP) is 5.44. The Labute approximate surface area is 235 Å². The summed E-state index contributed by atoms with van der Waals surface area (Å²) in [6, 6.07) is 31.6. The Morgan fingerprint density at radius 2 is 1.38 bits per heavy atom. The van der Waals surface area contributed by atoms with E-state index in [1.807, 2.05) is 32.0 Å². The van der Waals surface area contributed by atoms with Gasteiger partial charge in [-0.25, -0.2) is 0 Å². The molecule has 0 aromatic heterocycles. The molecule has 4 rings (SSSR count). The molecule has 1 saturated heterocycles. The van der Waals surface area contributed by atoms with Gasteiger partial charge in [-0.2, -0.15) is 0 Å². The fourth-order valence-electron chi connectivity index (χ4n) is 5.71. The van der Waals surface area contributed by atoms with E-state index in [0.29, 0.717) is 13.2 Å². The highest BCUT2D eigenvalue weighted by molar-refractivity contribution is 6.99. The summed E-state index contributed by atoms with van der Waals surface area (Å²) < 4.78 is 25.8. The molecule has 0 bridgehead atoms. The first kappa shape index (κ1) is 29.7. The maximum atomic E-state index is 10.0. The first-order valence-corrected chi connectivity index (χ1v) is 15.9. The van der Waals surface area contributed by atoms with Crippen molar-refractivity contribution in [3.63, 3.8) is 0 Å². The van der Waals surface area contributed by atoms with Gasteiger partial charge >= 0.3 is 0 Å². The molecule has 39 heavy (non-hydrogen) atoms. The minimum atomic E-state index is -2.60. The fraction of sp³-hybridized carbons (Fsp3) is 0.455. The smallest absolute Gasteiger partial charge is 0.261 e. The van der Waals surface area contributed by atoms with Crippen molar-refractivity contribution >= 4 is 18.7 Å². The fourth-order valence-corrected chi connectivity index (χ4v) is 10.3. The molecular formula is C33H44O5Si. The highest BCUT2D eigenvalue weighted by Crippen LogP contribution is 2.37. The van der Waals surface area contributed by atoms with Crippen LogP contribution >= 0.6 is 0 Å².